The third kappa shape index (κ3) is 4.74. The fraction of sp³-hybridized carbons (Fsp3) is 0.381. The Morgan fingerprint density at radius 1 is 1.04 bits per heavy atom. The minimum absolute atomic E-state index is 0.208. The van der Waals surface area contributed by atoms with Gasteiger partial charge in [-0.15, -0.1) is 11.8 Å². The maximum atomic E-state index is 12.5. The number of benzene rings is 2. The van der Waals surface area contributed by atoms with E-state index in [1.165, 1.54) is 5.56 Å². The standard InChI is InChI=1S/C21H23ClN2O3S/c22-18-4-2-1-3-17(18)13-28-14-21(25)24-9-7-23(8-10-24)12-16-5-6-19-20(11-16)27-15-26-19/h1-6,11H,7-10,12-15H2. The average Bonchev–Trinajstić information content (AvgIpc) is 3.18. The number of carbonyl (C=O) groups excluding carboxylic acids is 1. The Kier molecular flexibility index (Phi) is 6.29. The molecule has 0 bridgehead atoms. The van der Waals surface area contributed by atoms with Crippen molar-refractivity contribution in [2.75, 3.05) is 38.7 Å². The summed E-state index contributed by atoms with van der Waals surface area (Å²) in [5.41, 5.74) is 2.29. The van der Waals surface area contributed by atoms with Gasteiger partial charge in [0.05, 0.1) is 5.75 Å². The van der Waals surface area contributed by atoms with Gasteiger partial charge in [0.1, 0.15) is 0 Å². The molecule has 0 aromatic heterocycles. The van der Waals surface area contributed by atoms with Crippen molar-refractivity contribution in [3.63, 3.8) is 0 Å². The maximum absolute atomic E-state index is 12.5. The summed E-state index contributed by atoms with van der Waals surface area (Å²) in [4.78, 5) is 16.8. The molecule has 2 aromatic carbocycles. The lowest BCUT2D eigenvalue weighted by molar-refractivity contribution is -0.130. The van der Waals surface area contributed by atoms with Crippen LogP contribution >= 0.6 is 23.4 Å². The number of thioether (sulfide) groups is 1. The van der Waals surface area contributed by atoms with Gasteiger partial charge < -0.3 is 14.4 Å². The van der Waals surface area contributed by atoms with E-state index >= 15 is 0 Å². The van der Waals surface area contributed by atoms with Crippen molar-refractivity contribution in [3.8, 4) is 11.5 Å². The molecule has 2 heterocycles. The molecule has 0 aliphatic carbocycles. The van der Waals surface area contributed by atoms with E-state index in [2.05, 4.69) is 11.0 Å². The molecule has 0 N–H and O–H groups in total. The number of hydrogen-bond acceptors (Lipinski definition) is 5. The number of ether oxygens (including phenoxy) is 2. The van der Waals surface area contributed by atoms with Crippen LogP contribution in [-0.2, 0) is 17.1 Å². The Labute approximate surface area is 174 Å². The van der Waals surface area contributed by atoms with Crippen LogP contribution in [0.25, 0.3) is 0 Å². The zero-order chi connectivity index (χ0) is 19.3. The van der Waals surface area contributed by atoms with Gasteiger partial charge in [0.15, 0.2) is 11.5 Å². The van der Waals surface area contributed by atoms with E-state index in [9.17, 15) is 4.79 Å². The Bertz CT molecular complexity index is 840. The van der Waals surface area contributed by atoms with Crippen LogP contribution < -0.4 is 9.47 Å². The highest BCUT2D eigenvalue weighted by molar-refractivity contribution is 7.99. The van der Waals surface area contributed by atoms with Gasteiger partial charge in [-0.05, 0) is 29.3 Å². The number of carbonyl (C=O) groups is 1. The second-order valence-electron chi connectivity index (χ2n) is 6.93. The predicted octanol–water partition coefficient (Wildman–Crippen LogP) is 3.65. The molecule has 0 saturated carbocycles. The predicted molar refractivity (Wildman–Crippen MR) is 112 cm³/mol. The molecular weight excluding hydrogens is 396 g/mol. The highest BCUT2D eigenvalue weighted by Crippen LogP contribution is 2.32. The van der Waals surface area contributed by atoms with Crippen LogP contribution in [-0.4, -0.2) is 54.4 Å². The number of rotatable bonds is 6. The zero-order valence-electron chi connectivity index (χ0n) is 15.6. The van der Waals surface area contributed by atoms with Gasteiger partial charge in [0.2, 0.25) is 12.7 Å². The van der Waals surface area contributed by atoms with Gasteiger partial charge in [0, 0.05) is 43.5 Å². The molecule has 2 aliphatic heterocycles. The minimum atomic E-state index is 0.208. The van der Waals surface area contributed by atoms with Crippen molar-refractivity contribution in [3.05, 3.63) is 58.6 Å². The lowest BCUT2D eigenvalue weighted by Gasteiger charge is -2.34. The Balaban J connectivity index is 1.20. The molecule has 1 amide bonds. The topological polar surface area (TPSA) is 42.0 Å². The Morgan fingerprint density at radius 3 is 2.64 bits per heavy atom. The normalized spacial score (nSPS) is 16.4. The third-order valence-corrected chi connectivity index (χ3v) is 6.34. The van der Waals surface area contributed by atoms with Gasteiger partial charge in [-0.25, -0.2) is 0 Å². The Hall–Kier alpha value is -1.89. The van der Waals surface area contributed by atoms with Crippen molar-refractivity contribution in [2.45, 2.75) is 12.3 Å². The SMILES string of the molecule is O=C(CSCc1ccccc1Cl)N1CCN(Cc2ccc3c(c2)OCO3)CC1. The van der Waals surface area contributed by atoms with Crippen molar-refractivity contribution < 1.29 is 14.3 Å². The van der Waals surface area contributed by atoms with Crippen LogP contribution in [0.3, 0.4) is 0 Å². The van der Waals surface area contributed by atoms with Gasteiger partial charge in [-0.3, -0.25) is 9.69 Å². The van der Waals surface area contributed by atoms with Crippen LogP contribution in [0.4, 0.5) is 0 Å². The first-order chi connectivity index (χ1) is 13.7. The van der Waals surface area contributed by atoms with Crippen LogP contribution in [0.5, 0.6) is 11.5 Å². The number of piperazine rings is 1. The fourth-order valence-corrected chi connectivity index (χ4v) is 4.62. The third-order valence-electron chi connectivity index (χ3n) is 5.01. The van der Waals surface area contributed by atoms with E-state index in [1.54, 1.807) is 11.8 Å². The molecule has 0 spiro atoms. The van der Waals surface area contributed by atoms with Crippen molar-refractivity contribution in [2.24, 2.45) is 0 Å². The largest absolute Gasteiger partial charge is 0.454 e. The van der Waals surface area contributed by atoms with Crippen molar-refractivity contribution >= 4 is 29.3 Å². The van der Waals surface area contributed by atoms with E-state index in [1.807, 2.05) is 41.3 Å². The molecule has 2 aromatic rings. The van der Waals surface area contributed by atoms with Crippen LogP contribution in [0, 0.1) is 0 Å². The van der Waals surface area contributed by atoms with E-state index in [4.69, 9.17) is 21.1 Å². The smallest absolute Gasteiger partial charge is 0.232 e. The van der Waals surface area contributed by atoms with E-state index in [0.29, 0.717) is 12.5 Å². The fourth-order valence-electron chi connectivity index (χ4n) is 3.41. The molecule has 1 saturated heterocycles. The lowest BCUT2D eigenvalue weighted by atomic mass is 10.1. The second kappa shape index (κ2) is 9.07. The molecule has 1 fully saturated rings. The monoisotopic (exact) mass is 418 g/mol. The molecule has 28 heavy (non-hydrogen) atoms. The van der Waals surface area contributed by atoms with E-state index in [-0.39, 0.29) is 5.91 Å². The van der Waals surface area contributed by atoms with Crippen LogP contribution in [0.1, 0.15) is 11.1 Å². The maximum Gasteiger partial charge on any atom is 0.232 e. The summed E-state index contributed by atoms with van der Waals surface area (Å²) in [7, 11) is 0. The summed E-state index contributed by atoms with van der Waals surface area (Å²) in [5.74, 6) is 3.10. The van der Waals surface area contributed by atoms with Crippen LogP contribution in [0.2, 0.25) is 5.02 Å². The molecule has 0 unspecified atom stereocenters. The summed E-state index contributed by atoms with van der Waals surface area (Å²) in [5, 5.41) is 0.764. The quantitative estimate of drug-likeness (QED) is 0.716. The van der Waals surface area contributed by atoms with Crippen molar-refractivity contribution in [1.29, 1.82) is 0 Å². The molecule has 5 nitrogen and oxygen atoms in total. The summed E-state index contributed by atoms with van der Waals surface area (Å²) < 4.78 is 10.8. The number of halogens is 1. The van der Waals surface area contributed by atoms with Crippen molar-refractivity contribution in [1.82, 2.24) is 9.80 Å². The summed E-state index contributed by atoms with van der Waals surface area (Å²) in [6, 6.07) is 13.9. The molecule has 4 rings (SSSR count). The van der Waals surface area contributed by atoms with Gasteiger partial charge in [-0.1, -0.05) is 35.9 Å². The molecule has 2 aliphatic rings. The first-order valence-electron chi connectivity index (χ1n) is 9.39. The number of fused-ring (bicyclic) bond motifs is 1. The first-order valence-corrected chi connectivity index (χ1v) is 10.9. The second-order valence-corrected chi connectivity index (χ2v) is 8.32. The molecule has 0 atom stereocenters. The summed E-state index contributed by atoms with van der Waals surface area (Å²) in [6.07, 6.45) is 0. The van der Waals surface area contributed by atoms with E-state index < -0.39 is 0 Å². The molecular formula is C21H23ClN2O3S. The zero-order valence-corrected chi connectivity index (χ0v) is 17.2. The number of amides is 1. The number of nitrogens with zero attached hydrogens (tertiary/aromatic N) is 2. The highest BCUT2D eigenvalue weighted by Gasteiger charge is 2.22. The Morgan fingerprint density at radius 2 is 1.82 bits per heavy atom. The average molecular weight is 419 g/mol. The first kappa shape index (κ1) is 19.4. The van der Waals surface area contributed by atoms with E-state index in [0.717, 1.165) is 60.6 Å². The van der Waals surface area contributed by atoms with Gasteiger partial charge in [-0.2, -0.15) is 0 Å². The lowest BCUT2D eigenvalue weighted by Crippen LogP contribution is -2.48. The summed E-state index contributed by atoms with van der Waals surface area (Å²) >= 11 is 7.79. The van der Waals surface area contributed by atoms with Gasteiger partial charge in [0.25, 0.3) is 0 Å². The summed E-state index contributed by atoms with van der Waals surface area (Å²) in [6.45, 7) is 4.48. The van der Waals surface area contributed by atoms with Gasteiger partial charge >= 0.3 is 0 Å². The van der Waals surface area contributed by atoms with Crippen LogP contribution in [0.15, 0.2) is 42.5 Å². The minimum Gasteiger partial charge on any atom is -0.454 e. The molecule has 0 radical (unpaired) electrons. The highest BCUT2D eigenvalue weighted by atomic mass is 35.5. The molecule has 7 heteroatoms. The number of hydrogen-bond donors (Lipinski definition) is 0. The molecule has 148 valence electrons.